The van der Waals surface area contributed by atoms with Crippen molar-refractivity contribution in [1.82, 2.24) is 9.88 Å². The molecule has 0 spiro atoms. The van der Waals surface area contributed by atoms with Crippen LogP contribution in [0.1, 0.15) is 74.9 Å². The lowest BCUT2D eigenvalue weighted by Gasteiger charge is -2.48. The molecule has 3 heterocycles. The van der Waals surface area contributed by atoms with Crippen LogP contribution in [0.3, 0.4) is 0 Å². The van der Waals surface area contributed by atoms with E-state index in [4.69, 9.17) is 32.6 Å². The lowest BCUT2D eigenvalue weighted by Crippen LogP contribution is -2.51. The number of halogens is 2. The summed E-state index contributed by atoms with van der Waals surface area (Å²) in [6.45, 7) is 11.7. The van der Waals surface area contributed by atoms with E-state index in [1.54, 1.807) is 6.20 Å². The van der Waals surface area contributed by atoms with Crippen LogP contribution in [0, 0.1) is 0 Å². The molecule has 0 aliphatic carbocycles. The van der Waals surface area contributed by atoms with Crippen molar-refractivity contribution in [3.63, 3.8) is 0 Å². The minimum Gasteiger partial charge on any atom is -0.412 e. The molecule has 208 valence electrons. The molecule has 1 aromatic heterocycles. The second kappa shape index (κ2) is 10.9. The molecule has 5 rings (SSSR count). The van der Waals surface area contributed by atoms with Crippen LogP contribution >= 0.6 is 23.2 Å². The molecule has 3 aromatic rings. The van der Waals surface area contributed by atoms with Gasteiger partial charge in [-0.2, -0.15) is 0 Å². The van der Waals surface area contributed by atoms with Gasteiger partial charge < -0.3 is 9.53 Å². The minimum absolute atomic E-state index is 0.0837. The number of benzene rings is 2. The Morgan fingerprint density at radius 2 is 1.49 bits per heavy atom. The van der Waals surface area contributed by atoms with Gasteiger partial charge in [-0.05, 0) is 73.1 Å². The van der Waals surface area contributed by atoms with E-state index >= 15 is 0 Å². The maximum absolute atomic E-state index is 12.3. The zero-order valence-electron chi connectivity index (χ0n) is 23.6. The zero-order valence-corrected chi connectivity index (χ0v) is 26.1. The van der Waals surface area contributed by atoms with E-state index in [1.807, 2.05) is 42.5 Å². The fraction of sp³-hybridized carbons (Fsp3) is 0.469. The Morgan fingerprint density at radius 3 is 2.00 bits per heavy atom. The van der Waals surface area contributed by atoms with Crippen molar-refractivity contribution in [3.8, 4) is 0 Å². The lowest BCUT2D eigenvalue weighted by atomic mass is 9.79. The second-order valence-corrected chi connectivity index (χ2v) is 18.4. The molecule has 2 saturated heterocycles. The van der Waals surface area contributed by atoms with Crippen molar-refractivity contribution in [3.05, 3.63) is 99.3 Å². The van der Waals surface area contributed by atoms with Crippen LogP contribution in [0.2, 0.25) is 28.2 Å². The van der Waals surface area contributed by atoms with Gasteiger partial charge in [-0.25, -0.2) is 0 Å². The van der Waals surface area contributed by atoms with Gasteiger partial charge in [-0.3, -0.25) is 9.88 Å². The van der Waals surface area contributed by atoms with Crippen LogP contribution in [0.5, 0.6) is 0 Å². The topological polar surface area (TPSA) is 45.6 Å². The maximum Gasteiger partial charge on any atom is 0.192 e. The normalized spacial score (nSPS) is 23.9. The molecule has 7 heteroatoms. The summed E-state index contributed by atoms with van der Waals surface area (Å²) in [5, 5.41) is 13.8. The van der Waals surface area contributed by atoms with Gasteiger partial charge >= 0.3 is 0 Å². The first-order valence-electron chi connectivity index (χ1n) is 14.0. The molecule has 4 nitrogen and oxygen atoms in total. The Hall–Kier alpha value is -1.73. The van der Waals surface area contributed by atoms with E-state index < -0.39 is 13.9 Å². The number of hydrogen-bond acceptors (Lipinski definition) is 4. The Morgan fingerprint density at radius 1 is 0.949 bits per heavy atom. The average molecular weight is 584 g/mol. The van der Waals surface area contributed by atoms with Gasteiger partial charge in [0.15, 0.2) is 8.32 Å². The van der Waals surface area contributed by atoms with Crippen LogP contribution in [0.25, 0.3) is 0 Å². The van der Waals surface area contributed by atoms with Gasteiger partial charge in [-0.15, -0.1) is 0 Å². The summed E-state index contributed by atoms with van der Waals surface area (Å²) < 4.78 is 6.58. The zero-order chi connectivity index (χ0) is 28.0. The molecule has 2 aliphatic heterocycles. The van der Waals surface area contributed by atoms with Gasteiger partial charge in [0, 0.05) is 33.9 Å². The molecule has 1 N–H and O–H groups in total. The van der Waals surface area contributed by atoms with E-state index in [-0.39, 0.29) is 23.2 Å². The molecule has 2 fully saturated rings. The number of aromatic nitrogens is 1. The summed E-state index contributed by atoms with van der Waals surface area (Å²) in [5.41, 5.74) is 2.85. The van der Waals surface area contributed by atoms with Gasteiger partial charge in [0.05, 0.1) is 18.3 Å². The molecule has 2 unspecified atom stereocenters. The van der Waals surface area contributed by atoms with Crippen molar-refractivity contribution in [2.45, 2.75) is 94.9 Å². The number of nitrogens with zero attached hydrogens (tertiary/aromatic N) is 2. The third kappa shape index (κ3) is 5.59. The van der Waals surface area contributed by atoms with Gasteiger partial charge in [0.25, 0.3) is 0 Å². The van der Waals surface area contributed by atoms with Crippen molar-refractivity contribution < 1.29 is 9.53 Å². The van der Waals surface area contributed by atoms with Crippen molar-refractivity contribution in [1.29, 1.82) is 0 Å². The lowest BCUT2D eigenvalue weighted by molar-refractivity contribution is -0.0693. The predicted octanol–water partition coefficient (Wildman–Crippen LogP) is 8.51. The second-order valence-electron chi connectivity index (χ2n) is 12.8. The van der Waals surface area contributed by atoms with Crippen molar-refractivity contribution >= 4 is 31.5 Å². The fourth-order valence-corrected chi connectivity index (χ4v) is 7.63. The number of rotatable bonds is 7. The van der Waals surface area contributed by atoms with E-state index in [1.165, 1.54) is 0 Å². The highest BCUT2D eigenvalue weighted by molar-refractivity contribution is 6.74. The smallest absolute Gasteiger partial charge is 0.192 e. The molecular formula is C32H40Cl2N2O2Si. The SMILES string of the molecule is CC(C)(C)[Si](C)(C)OCc1cccnc1C1(O)CC2CCC(C1)N2C(c1ccccc1Cl)c1ccccc1Cl. The average Bonchev–Trinajstić information content (AvgIpc) is 3.15. The molecule has 0 saturated carbocycles. The Balaban J connectivity index is 1.47. The van der Waals surface area contributed by atoms with Crippen LogP contribution in [0.15, 0.2) is 66.9 Å². The van der Waals surface area contributed by atoms with Crippen molar-refractivity contribution in [2.24, 2.45) is 0 Å². The summed E-state index contributed by atoms with van der Waals surface area (Å²) >= 11 is 13.6. The van der Waals surface area contributed by atoms with Crippen LogP contribution in [0.4, 0.5) is 0 Å². The van der Waals surface area contributed by atoms with Crippen LogP contribution in [-0.4, -0.2) is 35.4 Å². The maximum atomic E-state index is 12.3. The summed E-state index contributed by atoms with van der Waals surface area (Å²) in [7, 11) is -1.95. The Labute approximate surface area is 244 Å². The summed E-state index contributed by atoms with van der Waals surface area (Å²) in [5.74, 6) is 0. The first-order chi connectivity index (χ1) is 18.4. The van der Waals surface area contributed by atoms with E-state index in [0.717, 1.165) is 45.3 Å². The van der Waals surface area contributed by atoms with Gasteiger partial charge in [0.1, 0.15) is 5.60 Å². The third-order valence-electron chi connectivity index (χ3n) is 9.25. The highest BCUT2D eigenvalue weighted by Gasteiger charge is 2.52. The monoisotopic (exact) mass is 582 g/mol. The highest BCUT2D eigenvalue weighted by Crippen LogP contribution is 2.52. The molecule has 2 atom stereocenters. The summed E-state index contributed by atoms with van der Waals surface area (Å²) in [6, 6.07) is 20.4. The molecular weight excluding hydrogens is 543 g/mol. The third-order valence-corrected chi connectivity index (χ3v) is 14.4. The largest absolute Gasteiger partial charge is 0.412 e. The number of pyridine rings is 1. The van der Waals surface area contributed by atoms with E-state index in [2.05, 4.69) is 57.0 Å². The number of piperidine rings is 1. The molecule has 39 heavy (non-hydrogen) atoms. The van der Waals surface area contributed by atoms with Crippen molar-refractivity contribution in [2.75, 3.05) is 0 Å². The predicted molar refractivity (Wildman–Crippen MR) is 163 cm³/mol. The first-order valence-corrected chi connectivity index (χ1v) is 17.6. The van der Waals surface area contributed by atoms with Crippen LogP contribution < -0.4 is 0 Å². The molecule has 2 bridgehead atoms. The van der Waals surface area contributed by atoms with E-state index in [9.17, 15) is 5.11 Å². The molecule has 0 amide bonds. The summed E-state index contributed by atoms with van der Waals surface area (Å²) in [4.78, 5) is 7.33. The summed E-state index contributed by atoms with van der Waals surface area (Å²) in [6.07, 6.45) is 5.05. The molecule has 2 aliphatic rings. The first kappa shape index (κ1) is 28.8. The Kier molecular flexibility index (Phi) is 8.06. The van der Waals surface area contributed by atoms with Gasteiger partial charge in [-0.1, -0.05) is 86.4 Å². The molecule has 2 aromatic carbocycles. The quantitative estimate of drug-likeness (QED) is 0.283. The Bertz CT molecular complexity index is 1270. The number of fused-ring (bicyclic) bond motifs is 2. The molecule has 0 radical (unpaired) electrons. The standard InChI is InChI=1S/C32H40Cl2N2O2Si/c1-31(2,3)39(4,5)38-21-22-11-10-18-35-30(22)32(37)19-23-16-17-24(20-32)36(23)29(25-12-6-8-14-27(25)33)26-13-7-9-15-28(26)34/h6-15,18,23-24,29,37H,16-17,19-21H2,1-5H3. The number of hydrogen-bond donors (Lipinski definition) is 1. The minimum atomic E-state index is -1.95. The number of aliphatic hydroxyl groups is 1. The highest BCUT2D eigenvalue weighted by atomic mass is 35.5. The van der Waals surface area contributed by atoms with Gasteiger partial charge in [0.2, 0.25) is 0 Å². The van der Waals surface area contributed by atoms with E-state index in [0.29, 0.717) is 19.4 Å². The fourth-order valence-electron chi connectivity index (χ4n) is 6.21. The van der Waals surface area contributed by atoms with Crippen LogP contribution in [-0.2, 0) is 16.6 Å².